The van der Waals surface area contributed by atoms with Crippen LogP contribution in [-0.4, -0.2) is 16.1 Å². The Morgan fingerprint density at radius 1 is 1.38 bits per heavy atom. The number of rotatable bonds is 9. The molecule has 2 aromatic heterocycles. The summed E-state index contributed by atoms with van der Waals surface area (Å²) in [6.07, 6.45) is 2.70. The van der Waals surface area contributed by atoms with E-state index < -0.39 is 11.2 Å². The van der Waals surface area contributed by atoms with E-state index in [-0.39, 0.29) is 5.82 Å². The molecule has 3 N–H and O–H groups in total. The molecule has 2 heterocycles. The standard InChI is InChI=1S/C18H27BrN4O2S/c1-4-5-8-23-16(20)15(17(24)21-18(23)25)22(9-6-12(2)3)11-14-13(19)7-10-26-14/h7,10,12H,4-6,8-9,11,20H2,1-3H3,(H,21,24,25). The first-order valence-corrected chi connectivity index (χ1v) is 10.6. The number of nitrogens with zero attached hydrogens (tertiary/aromatic N) is 2. The van der Waals surface area contributed by atoms with Gasteiger partial charge in [0, 0.05) is 22.4 Å². The van der Waals surface area contributed by atoms with Gasteiger partial charge in [-0.2, -0.15) is 0 Å². The highest BCUT2D eigenvalue weighted by molar-refractivity contribution is 9.10. The Labute approximate surface area is 166 Å². The summed E-state index contributed by atoms with van der Waals surface area (Å²) >= 11 is 5.19. The maximum atomic E-state index is 12.6. The molecule has 0 radical (unpaired) electrons. The fourth-order valence-electron chi connectivity index (χ4n) is 2.72. The van der Waals surface area contributed by atoms with Crippen molar-refractivity contribution in [1.82, 2.24) is 9.55 Å². The number of H-pyrrole nitrogens is 1. The highest BCUT2D eigenvalue weighted by Gasteiger charge is 2.20. The van der Waals surface area contributed by atoms with Crippen molar-refractivity contribution in [3.05, 3.63) is 41.6 Å². The number of hydrogen-bond acceptors (Lipinski definition) is 5. The third kappa shape index (κ3) is 5.01. The summed E-state index contributed by atoms with van der Waals surface area (Å²) in [6, 6.07) is 2.00. The summed E-state index contributed by atoms with van der Waals surface area (Å²) in [5, 5.41) is 2.01. The molecular formula is C18H27BrN4O2S. The highest BCUT2D eigenvalue weighted by atomic mass is 79.9. The van der Waals surface area contributed by atoms with E-state index in [4.69, 9.17) is 5.73 Å². The molecular weight excluding hydrogens is 416 g/mol. The first kappa shape index (κ1) is 20.8. The molecule has 0 aliphatic heterocycles. The Bertz CT molecular complexity index is 840. The number of nitrogens with one attached hydrogen (secondary N) is 1. The Hall–Kier alpha value is -1.54. The van der Waals surface area contributed by atoms with E-state index in [0.717, 1.165) is 28.6 Å². The minimum absolute atomic E-state index is 0.253. The minimum Gasteiger partial charge on any atom is -0.383 e. The molecule has 2 aromatic rings. The number of halogens is 1. The third-order valence-electron chi connectivity index (χ3n) is 4.27. The number of nitrogens with two attached hydrogens (primary N) is 1. The van der Waals surface area contributed by atoms with Crippen LogP contribution in [0.4, 0.5) is 11.5 Å². The fourth-order valence-corrected chi connectivity index (χ4v) is 4.21. The summed E-state index contributed by atoms with van der Waals surface area (Å²) in [5.41, 5.74) is 5.82. The van der Waals surface area contributed by atoms with Gasteiger partial charge in [0.15, 0.2) is 0 Å². The van der Waals surface area contributed by atoms with E-state index in [0.29, 0.717) is 31.2 Å². The molecule has 0 atom stereocenters. The predicted molar refractivity (Wildman–Crippen MR) is 113 cm³/mol. The topological polar surface area (TPSA) is 84.1 Å². The second-order valence-corrected chi connectivity index (χ2v) is 8.65. The third-order valence-corrected chi connectivity index (χ3v) is 6.18. The van der Waals surface area contributed by atoms with E-state index in [9.17, 15) is 9.59 Å². The molecule has 0 fully saturated rings. The first-order chi connectivity index (χ1) is 12.3. The van der Waals surface area contributed by atoms with Crippen molar-refractivity contribution in [1.29, 1.82) is 0 Å². The SMILES string of the molecule is CCCCn1c(N)c(N(CCC(C)C)Cc2sccc2Br)c(=O)[nH]c1=O. The van der Waals surface area contributed by atoms with Crippen molar-refractivity contribution in [2.75, 3.05) is 17.2 Å². The van der Waals surface area contributed by atoms with Gasteiger partial charge in [-0.1, -0.05) is 27.2 Å². The first-order valence-electron chi connectivity index (χ1n) is 8.94. The van der Waals surface area contributed by atoms with Crippen LogP contribution in [0.2, 0.25) is 0 Å². The molecule has 26 heavy (non-hydrogen) atoms. The zero-order chi connectivity index (χ0) is 19.3. The monoisotopic (exact) mass is 442 g/mol. The van der Waals surface area contributed by atoms with Crippen LogP contribution < -0.4 is 21.9 Å². The summed E-state index contributed by atoms with van der Waals surface area (Å²) in [7, 11) is 0. The highest BCUT2D eigenvalue weighted by Crippen LogP contribution is 2.27. The second-order valence-electron chi connectivity index (χ2n) is 6.79. The summed E-state index contributed by atoms with van der Waals surface area (Å²) < 4.78 is 2.50. The normalized spacial score (nSPS) is 11.3. The Kier molecular flexibility index (Phi) is 7.52. The fraction of sp³-hybridized carbons (Fsp3) is 0.556. The van der Waals surface area contributed by atoms with E-state index in [1.165, 1.54) is 4.57 Å². The maximum absolute atomic E-state index is 12.6. The van der Waals surface area contributed by atoms with E-state index in [1.807, 2.05) is 16.3 Å². The van der Waals surface area contributed by atoms with Crippen molar-refractivity contribution >= 4 is 38.8 Å². The average Bonchev–Trinajstić information content (AvgIpc) is 2.96. The molecule has 0 saturated heterocycles. The number of anilines is 2. The van der Waals surface area contributed by atoms with Gasteiger partial charge in [-0.25, -0.2) is 4.79 Å². The van der Waals surface area contributed by atoms with Crippen molar-refractivity contribution in [2.45, 2.75) is 53.1 Å². The number of aromatic amines is 1. The molecule has 6 nitrogen and oxygen atoms in total. The predicted octanol–water partition coefficient (Wildman–Crippen LogP) is 3.80. The van der Waals surface area contributed by atoms with Crippen LogP contribution in [0.25, 0.3) is 0 Å². The zero-order valence-corrected chi connectivity index (χ0v) is 18.0. The van der Waals surface area contributed by atoms with Crippen LogP contribution in [0.5, 0.6) is 0 Å². The molecule has 0 aromatic carbocycles. The lowest BCUT2D eigenvalue weighted by molar-refractivity contribution is 0.566. The largest absolute Gasteiger partial charge is 0.383 e. The van der Waals surface area contributed by atoms with Gasteiger partial charge in [-0.15, -0.1) is 11.3 Å². The lowest BCUT2D eigenvalue weighted by Crippen LogP contribution is -2.38. The van der Waals surface area contributed by atoms with Gasteiger partial charge in [0.25, 0.3) is 5.56 Å². The van der Waals surface area contributed by atoms with Crippen LogP contribution in [-0.2, 0) is 13.1 Å². The Morgan fingerprint density at radius 3 is 2.69 bits per heavy atom. The molecule has 2 rings (SSSR count). The molecule has 0 unspecified atom stereocenters. The minimum atomic E-state index is -0.439. The molecule has 144 valence electrons. The van der Waals surface area contributed by atoms with Gasteiger partial charge in [0.1, 0.15) is 11.5 Å². The van der Waals surface area contributed by atoms with Crippen LogP contribution in [0, 0.1) is 5.92 Å². The van der Waals surface area contributed by atoms with E-state index in [1.54, 1.807) is 11.3 Å². The lowest BCUT2D eigenvalue weighted by atomic mass is 10.1. The van der Waals surface area contributed by atoms with Crippen molar-refractivity contribution < 1.29 is 0 Å². The Morgan fingerprint density at radius 2 is 2.12 bits per heavy atom. The summed E-state index contributed by atoms with van der Waals surface area (Å²) in [5.74, 6) is 0.749. The summed E-state index contributed by atoms with van der Waals surface area (Å²) in [6.45, 7) is 8.12. The molecule has 0 spiro atoms. The van der Waals surface area contributed by atoms with Crippen LogP contribution in [0.1, 0.15) is 44.9 Å². The van der Waals surface area contributed by atoms with Crippen LogP contribution in [0.3, 0.4) is 0 Å². The number of unbranched alkanes of at least 4 members (excludes halogenated alkanes) is 1. The molecule has 0 amide bonds. The lowest BCUT2D eigenvalue weighted by Gasteiger charge is -2.26. The molecule has 0 saturated carbocycles. The number of nitrogen functional groups attached to an aromatic ring is 1. The van der Waals surface area contributed by atoms with Crippen molar-refractivity contribution in [3.63, 3.8) is 0 Å². The van der Waals surface area contributed by atoms with Gasteiger partial charge in [0.05, 0.1) is 6.54 Å². The average molecular weight is 443 g/mol. The van der Waals surface area contributed by atoms with Crippen LogP contribution in [0.15, 0.2) is 25.5 Å². The maximum Gasteiger partial charge on any atom is 0.330 e. The van der Waals surface area contributed by atoms with Gasteiger partial charge in [-0.3, -0.25) is 14.3 Å². The van der Waals surface area contributed by atoms with Crippen molar-refractivity contribution in [3.8, 4) is 0 Å². The second kappa shape index (κ2) is 9.41. The number of aromatic nitrogens is 2. The van der Waals surface area contributed by atoms with Gasteiger partial charge in [0.2, 0.25) is 0 Å². The number of thiophene rings is 1. The van der Waals surface area contributed by atoms with Crippen LogP contribution >= 0.6 is 27.3 Å². The van der Waals surface area contributed by atoms with Gasteiger partial charge in [-0.05, 0) is 46.1 Å². The van der Waals surface area contributed by atoms with Gasteiger partial charge < -0.3 is 10.6 Å². The van der Waals surface area contributed by atoms with Gasteiger partial charge >= 0.3 is 5.69 Å². The van der Waals surface area contributed by atoms with E-state index in [2.05, 4.69) is 41.7 Å². The Balaban J connectivity index is 2.47. The smallest absolute Gasteiger partial charge is 0.330 e. The van der Waals surface area contributed by atoms with E-state index >= 15 is 0 Å². The summed E-state index contributed by atoms with van der Waals surface area (Å²) in [4.78, 5) is 30.3. The number of hydrogen-bond donors (Lipinski definition) is 2. The zero-order valence-electron chi connectivity index (χ0n) is 15.5. The van der Waals surface area contributed by atoms with Crippen molar-refractivity contribution in [2.24, 2.45) is 5.92 Å². The molecule has 0 aliphatic carbocycles. The quantitative estimate of drug-likeness (QED) is 0.618. The molecule has 0 aliphatic rings. The molecule has 0 bridgehead atoms. The molecule has 8 heteroatoms.